The standard InChI is InChI=1S/C21H40N2O2.ClH/c1-2-3-4-5-6-7-8-9-10-11-12-13-21(24)25-19-20-18-22-14-16-23(20)17-15-22;/h20H,2-19H2,1H3;1H. The van der Waals surface area contributed by atoms with Crippen molar-refractivity contribution in [2.24, 2.45) is 0 Å². The van der Waals surface area contributed by atoms with Crippen molar-refractivity contribution in [1.29, 1.82) is 0 Å². The maximum Gasteiger partial charge on any atom is 0.305 e. The summed E-state index contributed by atoms with van der Waals surface area (Å²) in [5, 5.41) is 0. The zero-order valence-corrected chi connectivity index (χ0v) is 17.7. The van der Waals surface area contributed by atoms with Gasteiger partial charge in [-0.25, -0.2) is 0 Å². The highest BCUT2D eigenvalue weighted by Crippen LogP contribution is 2.16. The monoisotopic (exact) mass is 388 g/mol. The lowest BCUT2D eigenvalue weighted by Crippen LogP contribution is -2.62. The van der Waals surface area contributed by atoms with E-state index in [1.807, 2.05) is 0 Å². The van der Waals surface area contributed by atoms with Crippen molar-refractivity contribution in [3.05, 3.63) is 0 Å². The van der Waals surface area contributed by atoms with Gasteiger partial charge in [0.15, 0.2) is 0 Å². The Balaban J connectivity index is 0.00000338. The fraction of sp³-hybridized carbons (Fsp3) is 0.952. The zero-order valence-electron chi connectivity index (χ0n) is 16.9. The molecule has 1 unspecified atom stereocenters. The van der Waals surface area contributed by atoms with Gasteiger partial charge in [0.05, 0.1) is 6.04 Å². The molecule has 3 aliphatic rings. The van der Waals surface area contributed by atoms with Gasteiger partial charge in [-0.1, -0.05) is 71.1 Å². The van der Waals surface area contributed by atoms with Crippen LogP contribution in [0.2, 0.25) is 0 Å². The van der Waals surface area contributed by atoms with E-state index in [-0.39, 0.29) is 18.4 Å². The van der Waals surface area contributed by atoms with Crippen LogP contribution in [0.25, 0.3) is 0 Å². The van der Waals surface area contributed by atoms with E-state index < -0.39 is 0 Å². The fourth-order valence-electron chi connectivity index (χ4n) is 4.08. The van der Waals surface area contributed by atoms with E-state index in [9.17, 15) is 4.79 Å². The summed E-state index contributed by atoms with van der Waals surface area (Å²) >= 11 is 0. The molecule has 5 heteroatoms. The first kappa shape index (κ1) is 23.7. The van der Waals surface area contributed by atoms with Crippen LogP contribution in [0.1, 0.15) is 84.0 Å². The molecule has 0 aromatic rings. The van der Waals surface area contributed by atoms with Crippen LogP contribution in [0.5, 0.6) is 0 Å². The van der Waals surface area contributed by atoms with Crippen LogP contribution in [0.3, 0.4) is 0 Å². The van der Waals surface area contributed by atoms with Crippen LogP contribution < -0.4 is 0 Å². The number of halogens is 1. The molecule has 0 radical (unpaired) electrons. The number of fused-ring (bicyclic) bond motifs is 3. The summed E-state index contributed by atoms with van der Waals surface area (Å²) in [4.78, 5) is 16.9. The van der Waals surface area contributed by atoms with Gasteiger partial charge in [0.2, 0.25) is 0 Å². The quantitative estimate of drug-likeness (QED) is 0.320. The number of hydrogen-bond acceptors (Lipinski definition) is 4. The predicted octanol–water partition coefficient (Wildman–Crippen LogP) is 4.65. The third-order valence-corrected chi connectivity index (χ3v) is 5.81. The molecule has 0 amide bonds. The van der Waals surface area contributed by atoms with E-state index >= 15 is 0 Å². The van der Waals surface area contributed by atoms with Gasteiger partial charge in [0.1, 0.15) is 6.61 Å². The first-order valence-electron chi connectivity index (χ1n) is 10.9. The summed E-state index contributed by atoms with van der Waals surface area (Å²) in [6.45, 7) is 8.58. The van der Waals surface area contributed by atoms with E-state index in [1.165, 1.54) is 77.3 Å². The first-order chi connectivity index (χ1) is 12.3. The Hall–Kier alpha value is -0.320. The number of unbranched alkanes of at least 4 members (excludes halogenated alkanes) is 10. The molecule has 3 rings (SSSR count). The highest BCUT2D eigenvalue weighted by molar-refractivity contribution is 5.85. The lowest BCUT2D eigenvalue weighted by molar-refractivity contribution is -0.147. The topological polar surface area (TPSA) is 32.8 Å². The van der Waals surface area contributed by atoms with Crippen molar-refractivity contribution in [2.75, 3.05) is 39.3 Å². The van der Waals surface area contributed by atoms with Crippen LogP contribution in [-0.2, 0) is 9.53 Å². The molecule has 1 atom stereocenters. The summed E-state index contributed by atoms with van der Waals surface area (Å²) in [5.74, 6) is 0.00794. The van der Waals surface area contributed by atoms with Gasteiger partial charge in [-0.05, 0) is 6.42 Å². The number of ether oxygens (including phenoxy) is 1. The minimum Gasteiger partial charge on any atom is -0.464 e. The van der Waals surface area contributed by atoms with Crippen LogP contribution in [-0.4, -0.2) is 61.1 Å². The SMILES string of the molecule is CCCCCCCCCCCCCC(=O)OCC1CN2CCN1CC2.Cl. The van der Waals surface area contributed by atoms with Gasteiger partial charge in [-0.2, -0.15) is 0 Å². The van der Waals surface area contributed by atoms with Gasteiger partial charge < -0.3 is 4.74 Å². The summed E-state index contributed by atoms with van der Waals surface area (Å²) in [6, 6.07) is 0.434. The second kappa shape index (κ2) is 14.7. The molecule has 3 heterocycles. The first-order valence-corrected chi connectivity index (χ1v) is 10.9. The summed E-state index contributed by atoms with van der Waals surface area (Å²) in [5.41, 5.74) is 0. The van der Waals surface area contributed by atoms with Gasteiger partial charge in [-0.3, -0.25) is 14.6 Å². The van der Waals surface area contributed by atoms with Crippen molar-refractivity contribution in [3.8, 4) is 0 Å². The molecule has 3 fully saturated rings. The molecule has 0 aromatic carbocycles. The summed E-state index contributed by atoms with van der Waals surface area (Å²) < 4.78 is 5.52. The summed E-state index contributed by atoms with van der Waals surface area (Å²) in [6.07, 6.45) is 15.1. The molecule has 0 spiro atoms. The molecule has 0 saturated carbocycles. The molecular weight excluding hydrogens is 348 g/mol. The Morgan fingerprint density at radius 3 is 1.88 bits per heavy atom. The third-order valence-electron chi connectivity index (χ3n) is 5.81. The van der Waals surface area contributed by atoms with Crippen molar-refractivity contribution < 1.29 is 9.53 Å². The second-order valence-electron chi connectivity index (χ2n) is 7.96. The Labute approximate surface area is 167 Å². The van der Waals surface area contributed by atoms with Crippen molar-refractivity contribution in [1.82, 2.24) is 9.80 Å². The average Bonchev–Trinajstić information content (AvgIpc) is 2.65. The molecule has 26 heavy (non-hydrogen) atoms. The van der Waals surface area contributed by atoms with Crippen LogP contribution in [0.4, 0.5) is 0 Å². The normalized spacial score (nSPS) is 24.3. The smallest absolute Gasteiger partial charge is 0.305 e. The van der Waals surface area contributed by atoms with Crippen LogP contribution >= 0.6 is 12.4 Å². The van der Waals surface area contributed by atoms with Crippen molar-refractivity contribution in [2.45, 2.75) is 90.0 Å². The Kier molecular flexibility index (Phi) is 13.4. The molecule has 2 bridgehead atoms. The van der Waals surface area contributed by atoms with E-state index in [0.29, 0.717) is 19.1 Å². The number of carbonyl (C=O) groups excluding carboxylic acids is 1. The average molecular weight is 389 g/mol. The van der Waals surface area contributed by atoms with Crippen LogP contribution in [0, 0.1) is 0 Å². The van der Waals surface area contributed by atoms with E-state index in [1.54, 1.807) is 0 Å². The molecule has 3 aliphatic heterocycles. The lowest BCUT2D eigenvalue weighted by atomic mass is 10.1. The fourth-order valence-corrected chi connectivity index (χ4v) is 4.08. The number of piperazine rings is 3. The van der Waals surface area contributed by atoms with Crippen molar-refractivity contribution >= 4 is 18.4 Å². The Morgan fingerprint density at radius 2 is 1.38 bits per heavy atom. The van der Waals surface area contributed by atoms with Gasteiger partial charge >= 0.3 is 5.97 Å². The van der Waals surface area contributed by atoms with Crippen LogP contribution in [0.15, 0.2) is 0 Å². The maximum absolute atomic E-state index is 11.9. The van der Waals surface area contributed by atoms with Gasteiger partial charge in [0.25, 0.3) is 0 Å². The number of rotatable bonds is 14. The minimum atomic E-state index is 0. The predicted molar refractivity (Wildman–Crippen MR) is 111 cm³/mol. The number of carbonyl (C=O) groups is 1. The lowest BCUT2D eigenvalue weighted by Gasteiger charge is -2.47. The molecule has 4 nitrogen and oxygen atoms in total. The third kappa shape index (κ3) is 9.57. The largest absolute Gasteiger partial charge is 0.464 e. The van der Waals surface area contributed by atoms with Gasteiger partial charge in [-0.15, -0.1) is 12.4 Å². The summed E-state index contributed by atoms with van der Waals surface area (Å²) in [7, 11) is 0. The van der Waals surface area contributed by atoms with Gasteiger partial charge in [0, 0.05) is 39.1 Å². The number of hydrogen-bond donors (Lipinski definition) is 0. The Morgan fingerprint density at radius 1 is 0.846 bits per heavy atom. The highest BCUT2D eigenvalue weighted by atomic mass is 35.5. The Bertz CT molecular complexity index is 360. The van der Waals surface area contributed by atoms with Crippen molar-refractivity contribution in [3.63, 3.8) is 0 Å². The van der Waals surface area contributed by atoms with E-state index in [2.05, 4.69) is 16.7 Å². The highest BCUT2D eigenvalue weighted by Gasteiger charge is 2.32. The maximum atomic E-state index is 11.9. The minimum absolute atomic E-state index is 0. The molecule has 0 aromatic heterocycles. The molecule has 0 aliphatic carbocycles. The molecule has 3 saturated heterocycles. The number of esters is 1. The number of nitrogens with zero attached hydrogens (tertiary/aromatic N) is 2. The molecule has 0 N–H and O–H groups in total. The molecule has 154 valence electrons. The molecular formula is C21H41ClN2O2. The van der Waals surface area contributed by atoms with E-state index in [0.717, 1.165) is 26.1 Å². The van der Waals surface area contributed by atoms with E-state index in [4.69, 9.17) is 4.74 Å². The second-order valence-corrected chi connectivity index (χ2v) is 7.96. The zero-order chi connectivity index (χ0) is 17.7.